The molecule has 0 spiro atoms. The summed E-state index contributed by atoms with van der Waals surface area (Å²) in [6, 6.07) is 0. The maximum absolute atomic E-state index is 12.8. The zero-order valence-corrected chi connectivity index (χ0v) is 11.6. The van der Waals surface area contributed by atoms with Gasteiger partial charge in [0.05, 0.1) is 12.1 Å². The number of hydrogen-bond donors (Lipinski definition) is 1. The second-order valence-electron chi connectivity index (χ2n) is 2.95. The number of pyridine rings is 1. The van der Waals surface area contributed by atoms with Crippen LogP contribution < -0.4 is 0 Å². The molecule has 1 heterocycles. The lowest BCUT2D eigenvalue weighted by molar-refractivity contribution is -0.136. The highest BCUT2D eigenvalue weighted by atomic mass is 127. The van der Waals surface area contributed by atoms with E-state index in [1.165, 1.54) is 6.20 Å². The van der Waals surface area contributed by atoms with E-state index in [9.17, 15) is 13.6 Å². The number of carbonyl (C=O) groups is 1. The smallest absolute Gasteiger partial charge is 0.309 e. The SMILES string of the molecule is O=C(O)Cc1ncc(I)c(CBr)c1C(F)F. The van der Waals surface area contributed by atoms with E-state index in [4.69, 9.17) is 5.11 Å². The van der Waals surface area contributed by atoms with Gasteiger partial charge < -0.3 is 5.11 Å². The Hall–Kier alpha value is -0.310. The third-order valence-electron chi connectivity index (χ3n) is 1.93. The van der Waals surface area contributed by atoms with Crippen LogP contribution in [0.25, 0.3) is 0 Å². The van der Waals surface area contributed by atoms with Crippen molar-refractivity contribution in [1.29, 1.82) is 0 Å². The highest BCUT2D eigenvalue weighted by Gasteiger charge is 2.22. The lowest BCUT2D eigenvalue weighted by atomic mass is 10.1. The Morgan fingerprint density at radius 3 is 2.69 bits per heavy atom. The van der Waals surface area contributed by atoms with E-state index in [0.29, 0.717) is 9.13 Å². The Kier molecular flexibility index (Phi) is 5.03. The molecule has 16 heavy (non-hydrogen) atoms. The molecule has 7 heteroatoms. The number of aromatic nitrogens is 1. The molecule has 0 saturated heterocycles. The molecule has 0 fully saturated rings. The van der Waals surface area contributed by atoms with E-state index in [1.807, 2.05) is 22.6 Å². The minimum absolute atomic E-state index is 0.0719. The van der Waals surface area contributed by atoms with Gasteiger partial charge in [-0.15, -0.1) is 0 Å². The largest absolute Gasteiger partial charge is 0.481 e. The summed E-state index contributed by atoms with van der Waals surface area (Å²) >= 11 is 5.01. The summed E-state index contributed by atoms with van der Waals surface area (Å²) in [7, 11) is 0. The van der Waals surface area contributed by atoms with Crippen molar-refractivity contribution in [3.63, 3.8) is 0 Å². The molecule has 3 nitrogen and oxygen atoms in total. The third kappa shape index (κ3) is 3.09. The predicted molar refractivity (Wildman–Crippen MR) is 65.9 cm³/mol. The van der Waals surface area contributed by atoms with Gasteiger partial charge in [-0.3, -0.25) is 9.78 Å². The van der Waals surface area contributed by atoms with E-state index in [2.05, 4.69) is 20.9 Å². The Balaban J connectivity index is 3.32. The quantitative estimate of drug-likeness (QED) is 0.618. The minimum Gasteiger partial charge on any atom is -0.481 e. The molecule has 88 valence electrons. The fourth-order valence-electron chi connectivity index (χ4n) is 1.26. The van der Waals surface area contributed by atoms with E-state index in [1.54, 1.807) is 0 Å². The Labute approximate surface area is 113 Å². The molecule has 0 bridgehead atoms. The summed E-state index contributed by atoms with van der Waals surface area (Å²) in [5.41, 5.74) is 0.0605. The molecule has 1 N–H and O–H groups in total. The minimum atomic E-state index is -2.72. The number of carboxylic acid groups (broad SMARTS) is 1. The van der Waals surface area contributed by atoms with Crippen LogP contribution in [-0.2, 0) is 16.5 Å². The van der Waals surface area contributed by atoms with Crippen molar-refractivity contribution in [2.45, 2.75) is 18.2 Å². The van der Waals surface area contributed by atoms with Crippen LogP contribution in [0.15, 0.2) is 6.20 Å². The van der Waals surface area contributed by atoms with Crippen molar-refractivity contribution in [1.82, 2.24) is 4.98 Å². The van der Waals surface area contributed by atoms with Gasteiger partial charge in [-0.25, -0.2) is 8.78 Å². The summed E-state index contributed by atoms with van der Waals surface area (Å²) in [4.78, 5) is 14.3. The van der Waals surface area contributed by atoms with Crippen molar-refractivity contribution < 1.29 is 18.7 Å². The summed E-state index contributed by atoms with van der Waals surface area (Å²) in [5, 5.41) is 8.86. The topological polar surface area (TPSA) is 50.2 Å². The van der Waals surface area contributed by atoms with Crippen molar-refractivity contribution >= 4 is 44.5 Å². The zero-order valence-electron chi connectivity index (χ0n) is 7.88. The fraction of sp³-hybridized carbons (Fsp3) is 0.333. The van der Waals surface area contributed by atoms with Gasteiger partial charge in [-0.2, -0.15) is 0 Å². The first-order valence-electron chi connectivity index (χ1n) is 4.19. The first kappa shape index (κ1) is 13.8. The highest BCUT2D eigenvalue weighted by Crippen LogP contribution is 2.30. The average molecular weight is 406 g/mol. The lowest BCUT2D eigenvalue weighted by Gasteiger charge is -2.12. The van der Waals surface area contributed by atoms with E-state index >= 15 is 0 Å². The summed E-state index contributed by atoms with van der Waals surface area (Å²) < 4.78 is 26.3. The summed E-state index contributed by atoms with van der Waals surface area (Å²) in [6.45, 7) is 0. The Morgan fingerprint density at radius 1 is 1.62 bits per heavy atom. The number of nitrogens with zero attached hydrogens (tertiary/aromatic N) is 1. The second kappa shape index (κ2) is 5.85. The van der Waals surface area contributed by atoms with Crippen LogP contribution >= 0.6 is 38.5 Å². The molecule has 0 amide bonds. The van der Waals surface area contributed by atoms with Crippen LogP contribution in [0.3, 0.4) is 0 Å². The molecule has 0 atom stereocenters. The Morgan fingerprint density at radius 2 is 2.25 bits per heavy atom. The van der Waals surface area contributed by atoms with Gasteiger partial charge in [0.25, 0.3) is 6.43 Å². The van der Waals surface area contributed by atoms with Crippen LogP contribution in [0.1, 0.15) is 23.2 Å². The third-order valence-corrected chi connectivity index (χ3v) is 3.42. The molecule has 0 aromatic carbocycles. The van der Waals surface area contributed by atoms with Gasteiger partial charge in [-0.1, -0.05) is 15.9 Å². The van der Waals surface area contributed by atoms with Gasteiger partial charge in [0.2, 0.25) is 0 Å². The van der Waals surface area contributed by atoms with E-state index < -0.39 is 18.8 Å². The van der Waals surface area contributed by atoms with Crippen LogP contribution in [0.5, 0.6) is 0 Å². The molecular weight excluding hydrogens is 399 g/mol. The molecular formula is C9H7BrF2INO2. The van der Waals surface area contributed by atoms with Crippen LogP contribution in [0.2, 0.25) is 0 Å². The molecule has 0 aliphatic carbocycles. The summed E-state index contributed by atoms with van der Waals surface area (Å²) in [5.74, 6) is -1.17. The first-order valence-corrected chi connectivity index (χ1v) is 6.39. The normalized spacial score (nSPS) is 10.8. The van der Waals surface area contributed by atoms with Crippen molar-refractivity contribution in [2.24, 2.45) is 0 Å². The lowest BCUT2D eigenvalue weighted by Crippen LogP contribution is -2.10. The van der Waals surface area contributed by atoms with Crippen LogP contribution in [-0.4, -0.2) is 16.1 Å². The molecule has 0 saturated carbocycles. The van der Waals surface area contributed by atoms with Gasteiger partial charge >= 0.3 is 5.97 Å². The van der Waals surface area contributed by atoms with Crippen LogP contribution in [0.4, 0.5) is 8.78 Å². The number of carboxylic acids is 1. The summed E-state index contributed by atoms with van der Waals surface area (Å²) in [6.07, 6.45) is -1.80. The zero-order chi connectivity index (χ0) is 12.3. The number of aliphatic carboxylic acids is 1. The number of rotatable bonds is 4. The standard InChI is InChI=1S/C9H7BrF2INO2/c10-2-4-5(13)3-14-6(1-7(15)16)8(4)9(11)12/h3,9H,1-2H2,(H,15,16). The molecule has 0 aliphatic heterocycles. The second-order valence-corrected chi connectivity index (χ2v) is 4.67. The van der Waals surface area contributed by atoms with E-state index in [0.717, 1.165) is 0 Å². The molecule has 0 aliphatic rings. The molecule has 1 aromatic heterocycles. The molecule has 0 radical (unpaired) electrons. The van der Waals surface area contributed by atoms with Crippen molar-refractivity contribution in [3.8, 4) is 0 Å². The van der Waals surface area contributed by atoms with Crippen molar-refractivity contribution in [3.05, 3.63) is 26.6 Å². The number of halogens is 4. The van der Waals surface area contributed by atoms with E-state index in [-0.39, 0.29) is 16.6 Å². The fourth-order valence-corrected chi connectivity index (χ4v) is 3.01. The number of alkyl halides is 3. The predicted octanol–water partition coefficient (Wildman–Crippen LogP) is 3.15. The van der Waals surface area contributed by atoms with Gasteiger partial charge in [0, 0.05) is 20.7 Å². The van der Waals surface area contributed by atoms with Crippen molar-refractivity contribution in [2.75, 3.05) is 0 Å². The molecule has 1 rings (SSSR count). The molecule has 1 aromatic rings. The Bertz CT molecular complexity index is 415. The highest BCUT2D eigenvalue weighted by molar-refractivity contribution is 14.1. The average Bonchev–Trinajstić information content (AvgIpc) is 2.18. The maximum atomic E-state index is 12.8. The monoisotopic (exact) mass is 405 g/mol. The molecule has 0 unspecified atom stereocenters. The van der Waals surface area contributed by atoms with Gasteiger partial charge in [0.1, 0.15) is 0 Å². The van der Waals surface area contributed by atoms with Gasteiger partial charge in [-0.05, 0) is 28.2 Å². The first-order chi connectivity index (χ1) is 7.47. The number of hydrogen-bond acceptors (Lipinski definition) is 2. The maximum Gasteiger partial charge on any atom is 0.309 e. The van der Waals surface area contributed by atoms with Crippen LogP contribution in [0, 0.1) is 3.57 Å². The van der Waals surface area contributed by atoms with Gasteiger partial charge in [0.15, 0.2) is 0 Å².